The predicted molar refractivity (Wildman–Crippen MR) is 196 cm³/mol. The Bertz CT molecular complexity index is 2060. The van der Waals surface area contributed by atoms with E-state index in [1.807, 2.05) is 50.2 Å². The summed E-state index contributed by atoms with van der Waals surface area (Å²) in [6.07, 6.45) is 2.21. The number of methoxy groups -OCH3 is 2. The molecule has 1 aliphatic rings. The summed E-state index contributed by atoms with van der Waals surface area (Å²) in [5.41, 5.74) is 6.64. The number of nitrogens with zero attached hydrogens (tertiary/aromatic N) is 1. The quantitative estimate of drug-likeness (QED) is 0.0761. The monoisotopic (exact) mass is 729 g/mol. The highest BCUT2D eigenvalue weighted by Gasteiger charge is 2.26. The van der Waals surface area contributed by atoms with Crippen molar-refractivity contribution in [3.8, 4) is 11.5 Å². The van der Waals surface area contributed by atoms with Gasteiger partial charge in [-0.1, -0.05) is 18.2 Å². The molecule has 4 aromatic carbocycles. The summed E-state index contributed by atoms with van der Waals surface area (Å²) in [5.74, 6) is -0.0357. The number of ether oxygens (including phenoxy) is 5. The van der Waals surface area contributed by atoms with E-state index >= 15 is 0 Å². The number of fused-ring (bicyclic) bond motifs is 1. The summed E-state index contributed by atoms with van der Waals surface area (Å²) in [6, 6.07) is 21.6. The zero-order valence-corrected chi connectivity index (χ0v) is 31.0. The maximum atomic E-state index is 12.4. The Balaban J connectivity index is 1.34. The third-order valence-corrected chi connectivity index (χ3v) is 10.1. The van der Waals surface area contributed by atoms with Gasteiger partial charge < -0.3 is 23.7 Å². The van der Waals surface area contributed by atoms with Gasteiger partial charge in [-0.2, -0.15) is 0 Å². The van der Waals surface area contributed by atoms with E-state index in [2.05, 4.69) is 0 Å². The molecule has 0 amide bonds. The molecule has 0 radical (unpaired) electrons. The van der Waals surface area contributed by atoms with Crippen LogP contribution in [0.25, 0.3) is 0 Å². The number of anilines is 1. The molecule has 12 heteroatoms. The van der Waals surface area contributed by atoms with Crippen molar-refractivity contribution in [1.29, 1.82) is 0 Å². The van der Waals surface area contributed by atoms with E-state index in [4.69, 9.17) is 23.7 Å². The number of ketones is 1. The second kappa shape index (κ2) is 16.4. The number of Topliss-reactive ketones (excluding diaryl/α,β-unsaturated/α-hetero) is 1. The summed E-state index contributed by atoms with van der Waals surface area (Å²) in [4.78, 5) is 37.0. The number of esters is 2. The average Bonchev–Trinajstić information content (AvgIpc) is 3.56. The Morgan fingerprint density at radius 2 is 1.40 bits per heavy atom. The predicted octanol–water partition coefficient (Wildman–Crippen LogP) is 6.48. The van der Waals surface area contributed by atoms with Crippen molar-refractivity contribution in [2.24, 2.45) is 0 Å². The fourth-order valence-corrected chi connectivity index (χ4v) is 7.17. The summed E-state index contributed by atoms with van der Waals surface area (Å²) in [7, 11) is -0.847. The smallest absolute Gasteiger partial charge is 0.337 e. The van der Waals surface area contributed by atoms with Crippen LogP contribution in [0.2, 0.25) is 0 Å². The van der Waals surface area contributed by atoms with E-state index in [1.54, 1.807) is 30.3 Å². The van der Waals surface area contributed by atoms with Crippen molar-refractivity contribution < 1.29 is 46.5 Å². The molecule has 1 heterocycles. The first-order valence-electron chi connectivity index (χ1n) is 16.8. The Morgan fingerprint density at radius 1 is 0.769 bits per heavy atom. The minimum atomic E-state index is -3.40. The van der Waals surface area contributed by atoms with Crippen LogP contribution in [0.15, 0.2) is 72.8 Å². The van der Waals surface area contributed by atoms with E-state index in [1.165, 1.54) is 37.8 Å². The molecule has 0 aromatic heterocycles. The molecule has 52 heavy (non-hydrogen) atoms. The van der Waals surface area contributed by atoms with E-state index < -0.39 is 28.1 Å². The van der Waals surface area contributed by atoms with Crippen LogP contribution in [0.1, 0.15) is 91.3 Å². The minimum absolute atomic E-state index is 0.0836. The SMILES string of the molecule is CCOc1ccc([C@@H](C)OCOc2ccc(C(C)=O)cc2Cc2ccc3c(c2)N(S(C)(=O)=O)CC3)cc1Cc1cc(C(=O)OC)cc(C(=O)OC)c1. The standard InChI is InChI=1S/C40H43NO10S/c1-7-49-37-13-11-31(22-33(37)17-28-18-34(39(43)47-4)23-35(19-28)40(44)48-5)26(3)50-24-51-38-12-10-30(25(2)42)21-32(38)16-27-8-9-29-14-15-41(36(29)20-27)52(6,45)46/h8-13,18-23,26H,7,14-17,24H2,1-6H3/t26-/m1/s1. The Labute approximate surface area is 304 Å². The molecule has 0 aliphatic carbocycles. The first-order valence-corrected chi connectivity index (χ1v) is 18.7. The normalized spacial score (nSPS) is 12.9. The largest absolute Gasteiger partial charge is 0.494 e. The number of carbonyl (C=O) groups is 3. The fraction of sp³-hybridized carbons (Fsp3) is 0.325. The van der Waals surface area contributed by atoms with Crippen molar-refractivity contribution in [3.05, 3.63) is 123 Å². The van der Waals surface area contributed by atoms with Gasteiger partial charge in [0.2, 0.25) is 10.0 Å². The summed E-state index contributed by atoms with van der Waals surface area (Å²) in [5, 5.41) is 0. The molecule has 0 fully saturated rings. The van der Waals surface area contributed by atoms with Gasteiger partial charge in [0.25, 0.3) is 0 Å². The van der Waals surface area contributed by atoms with Crippen LogP contribution < -0.4 is 13.8 Å². The molecule has 274 valence electrons. The molecule has 5 rings (SSSR count). The lowest BCUT2D eigenvalue weighted by atomic mass is 9.97. The van der Waals surface area contributed by atoms with Crippen molar-refractivity contribution >= 4 is 33.4 Å². The molecule has 11 nitrogen and oxygen atoms in total. The highest BCUT2D eigenvalue weighted by molar-refractivity contribution is 7.92. The zero-order chi connectivity index (χ0) is 37.6. The van der Waals surface area contributed by atoms with Crippen LogP contribution in [0, 0.1) is 0 Å². The Kier molecular flexibility index (Phi) is 12.0. The minimum Gasteiger partial charge on any atom is -0.494 e. The van der Waals surface area contributed by atoms with Crippen LogP contribution in [-0.4, -0.2) is 66.6 Å². The molecule has 0 saturated carbocycles. The van der Waals surface area contributed by atoms with Crippen LogP contribution in [0.5, 0.6) is 11.5 Å². The molecule has 0 spiro atoms. The lowest BCUT2D eigenvalue weighted by Crippen LogP contribution is -2.27. The molecule has 1 aliphatic heterocycles. The maximum absolute atomic E-state index is 12.4. The zero-order valence-electron chi connectivity index (χ0n) is 30.2. The molecule has 0 N–H and O–H groups in total. The lowest BCUT2D eigenvalue weighted by Gasteiger charge is -2.19. The number of sulfonamides is 1. The summed E-state index contributed by atoms with van der Waals surface area (Å²) < 4.78 is 54.1. The first-order chi connectivity index (χ1) is 24.8. The van der Waals surface area contributed by atoms with Gasteiger partial charge in [0.15, 0.2) is 12.6 Å². The Hall–Kier alpha value is -5.20. The van der Waals surface area contributed by atoms with Crippen LogP contribution in [0.3, 0.4) is 0 Å². The topological polar surface area (TPSA) is 135 Å². The third-order valence-electron chi connectivity index (χ3n) is 8.88. The van der Waals surface area contributed by atoms with Gasteiger partial charge in [-0.25, -0.2) is 18.0 Å². The fourth-order valence-electron chi connectivity index (χ4n) is 6.22. The molecule has 0 saturated heterocycles. The highest BCUT2D eigenvalue weighted by Crippen LogP contribution is 2.33. The van der Waals surface area contributed by atoms with Gasteiger partial charge in [-0.05, 0) is 115 Å². The number of carbonyl (C=O) groups excluding carboxylic acids is 3. The molecular weight excluding hydrogens is 687 g/mol. The average molecular weight is 730 g/mol. The number of benzene rings is 4. The van der Waals surface area contributed by atoms with Gasteiger partial charge in [-0.3, -0.25) is 9.10 Å². The van der Waals surface area contributed by atoms with Crippen molar-refractivity contribution in [2.45, 2.75) is 46.1 Å². The number of hydrogen-bond acceptors (Lipinski definition) is 10. The van der Waals surface area contributed by atoms with E-state index in [-0.39, 0.29) is 23.7 Å². The second-order valence-corrected chi connectivity index (χ2v) is 14.5. The molecule has 1 atom stereocenters. The van der Waals surface area contributed by atoms with Gasteiger partial charge in [0.05, 0.1) is 50.0 Å². The van der Waals surface area contributed by atoms with Gasteiger partial charge >= 0.3 is 11.9 Å². The highest BCUT2D eigenvalue weighted by atomic mass is 32.2. The second-order valence-electron chi connectivity index (χ2n) is 12.6. The van der Waals surface area contributed by atoms with Crippen LogP contribution >= 0.6 is 0 Å². The van der Waals surface area contributed by atoms with Crippen molar-refractivity contribution in [2.75, 3.05) is 44.7 Å². The van der Waals surface area contributed by atoms with E-state index in [0.29, 0.717) is 60.7 Å². The molecular formula is C40H43NO10S. The maximum Gasteiger partial charge on any atom is 0.337 e. The number of hydrogen-bond donors (Lipinski definition) is 0. The first kappa shape index (κ1) is 38.0. The van der Waals surface area contributed by atoms with E-state index in [0.717, 1.165) is 27.8 Å². The van der Waals surface area contributed by atoms with Crippen LogP contribution in [-0.2, 0) is 43.5 Å². The van der Waals surface area contributed by atoms with Crippen molar-refractivity contribution in [1.82, 2.24) is 0 Å². The molecule has 4 aromatic rings. The molecule has 0 unspecified atom stereocenters. The molecule has 0 bridgehead atoms. The van der Waals surface area contributed by atoms with E-state index in [9.17, 15) is 22.8 Å². The summed E-state index contributed by atoms with van der Waals surface area (Å²) in [6.45, 7) is 6.05. The van der Waals surface area contributed by atoms with Gasteiger partial charge in [-0.15, -0.1) is 0 Å². The van der Waals surface area contributed by atoms with Gasteiger partial charge in [0, 0.05) is 24.9 Å². The van der Waals surface area contributed by atoms with Crippen molar-refractivity contribution in [3.63, 3.8) is 0 Å². The Morgan fingerprint density at radius 3 is 2.04 bits per heavy atom. The summed E-state index contributed by atoms with van der Waals surface area (Å²) >= 11 is 0. The number of rotatable bonds is 15. The lowest BCUT2D eigenvalue weighted by molar-refractivity contribution is -0.0298. The van der Waals surface area contributed by atoms with Crippen LogP contribution in [0.4, 0.5) is 5.69 Å². The van der Waals surface area contributed by atoms with Gasteiger partial charge in [0.1, 0.15) is 11.5 Å². The third kappa shape index (κ3) is 8.99.